The minimum atomic E-state index is 0.236. The van der Waals surface area contributed by atoms with Crippen LogP contribution in [0.1, 0.15) is 51.3 Å². The van der Waals surface area contributed by atoms with E-state index in [1.165, 1.54) is 38.5 Å². The van der Waals surface area contributed by atoms with E-state index in [9.17, 15) is 0 Å². The van der Waals surface area contributed by atoms with Crippen LogP contribution in [-0.2, 0) is 6.54 Å². The Bertz CT molecular complexity index is 391. The SMILES string of the molecule is CCN(CCn1ccnc1C)C1(CN)CCCCCC1. The molecule has 0 aliphatic heterocycles. The first-order chi connectivity index (χ1) is 9.72. The molecule has 4 heteroatoms. The first kappa shape index (κ1) is 15.5. The molecule has 1 aromatic rings. The van der Waals surface area contributed by atoms with Gasteiger partial charge >= 0.3 is 0 Å². The summed E-state index contributed by atoms with van der Waals surface area (Å²) < 4.78 is 2.24. The summed E-state index contributed by atoms with van der Waals surface area (Å²) in [6.07, 6.45) is 11.9. The van der Waals surface area contributed by atoms with Crippen LogP contribution in [0.4, 0.5) is 0 Å². The zero-order chi connectivity index (χ0) is 14.4. The molecule has 114 valence electrons. The van der Waals surface area contributed by atoms with E-state index in [2.05, 4.69) is 34.5 Å². The Kier molecular flexibility index (Phi) is 5.61. The van der Waals surface area contributed by atoms with Crippen molar-refractivity contribution in [2.75, 3.05) is 19.6 Å². The second-order valence-corrected chi connectivity index (χ2v) is 6.09. The van der Waals surface area contributed by atoms with Crippen LogP contribution in [0.3, 0.4) is 0 Å². The highest BCUT2D eigenvalue weighted by atomic mass is 15.2. The fourth-order valence-electron chi connectivity index (χ4n) is 3.64. The highest BCUT2D eigenvalue weighted by molar-refractivity contribution is 4.94. The molecular formula is C16H30N4. The maximum absolute atomic E-state index is 6.20. The predicted octanol–water partition coefficient (Wildman–Crippen LogP) is 2.57. The van der Waals surface area contributed by atoms with Gasteiger partial charge in [0.25, 0.3) is 0 Å². The predicted molar refractivity (Wildman–Crippen MR) is 83.7 cm³/mol. The molecule has 0 atom stereocenters. The maximum Gasteiger partial charge on any atom is 0.105 e. The summed E-state index contributed by atoms with van der Waals surface area (Å²) in [6.45, 7) is 8.31. The van der Waals surface area contributed by atoms with Gasteiger partial charge in [0.05, 0.1) is 0 Å². The Labute approximate surface area is 123 Å². The topological polar surface area (TPSA) is 47.1 Å². The Balaban J connectivity index is 2.02. The van der Waals surface area contributed by atoms with Crippen LogP contribution in [0.5, 0.6) is 0 Å². The lowest BCUT2D eigenvalue weighted by Crippen LogP contribution is -2.54. The van der Waals surface area contributed by atoms with Gasteiger partial charge in [-0.15, -0.1) is 0 Å². The first-order valence-electron chi connectivity index (χ1n) is 8.15. The highest BCUT2D eigenvalue weighted by Crippen LogP contribution is 2.31. The summed E-state index contributed by atoms with van der Waals surface area (Å²) in [5.41, 5.74) is 6.44. The van der Waals surface area contributed by atoms with E-state index in [1.54, 1.807) is 0 Å². The third-order valence-electron chi connectivity index (χ3n) is 5.00. The first-order valence-corrected chi connectivity index (χ1v) is 8.15. The van der Waals surface area contributed by atoms with Gasteiger partial charge in [-0.25, -0.2) is 4.98 Å². The molecule has 0 spiro atoms. The number of hydrogen-bond acceptors (Lipinski definition) is 3. The van der Waals surface area contributed by atoms with E-state index in [-0.39, 0.29) is 5.54 Å². The minimum Gasteiger partial charge on any atom is -0.334 e. The number of aromatic nitrogens is 2. The lowest BCUT2D eigenvalue weighted by Gasteiger charge is -2.43. The Morgan fingerprint density at radius 2 is 2.00 bits per heavy atom. The van der Waals surface area contributed by atoms with E-state index >= 15 is 0 Å². The minimum absolute atomic E-state index is 0.236. The highest BCUT2D eigenvalue weighted by Gasteiger charge is 2.34. The average Bonchev–Trinajstić information content (AvgIpc) is 2.74. The molecule has 1 saturated carbocycles. The maximum atomic E-state index is 6.20. The van der Waals surface area contributed by atoms with Crippen LogP contribution in [0.2, 0.25) is 0 Å². The van der Waals surface area contributed by atoms with Gasteiger partial charge in [-0.2, -0.15) is 0 Å². The molecule has 0 unspecified atom stereocenters. The second-order valence-electron chi connectivity index (χ2n) is 6.09. The number of likely N-dealkylation sites (N-methyl/N-ethyl adjacent to an activating group) is 1. The van der Waals surface area contributed by atoms with Gasteiger partial charge in [0.15, 0.2) is 0 Å². The number of rotatable bonds is 6. The van der Waals surface area contributed by atoms with Crippen molar-refractivity contribution in [3.63, 3.8) is 0 Å². The Hall–Kier alpha value is -0.870. The molecule has 1 aliphatic rings. The summed E-state index contributed by atoms with van der Waals surface area (Å²) in [4.78, 5) is 6.93. The number of nitrogens with zero attached hydrogens (tertiary/aromatic N) is 3. The monoisotopic (exact) mass is 278 g/mol. The van der Waals surface area contributed by atoms with Crippen molar-refractivity contribution in [3.05, 3.63) is 18.2 Å². The average molecular weight is 278 g/mol. The Morgan fingerprint density at radius 1 is 1.30 bits per heavy atom. The molecule has 0 bridgehead atoms. The van der Waals surface area contributed by atoms with Gasteiger partial charge in [0.1, 0.15) is 5.82 Å². The summed E-state index contributed by atoms with van der Waals surface area (Å²) in [5, 5.41) is 0. The van der Waals surface area contributed by atoms with E-state index < -0.39 is 0 Å². The van der Waals surface area contributed by atoms with Gasteiger partial charge in [-0.05, 0) is 26.3 Å². The van der Waals surface area contributed by atoms with Crippen LogP contribution in [-0.4, -0.2) is 39.6 Å². The zero-order valence-electron chi connectivity index (χ0n) is 13.1. The summed E-state index contributed by atoms with van der Waals surface area (Å²) in [6, 6.07) is 0. The standard InChI is InChI=1S/C16H30N4/c1-3-20(13-12-19-11-10-18-15(19)2)16(14-17)8-6-4-5-7-9-16/h10-11H,3-9,12-14,17H2,1-2H3. The molecule has 2 N–H and O–H groups in total. The molecule has 20 heavy (non-hydrogen) atoms. The third-order valence-corrected chi connectivity index (χ3v) is 5.00. The lowest BCUT2D eigenvalue weighted by molar-refractivity contribution is 0.0794. The van der Waals surface area contributed by atoms with E-state index in [1.807, 2.05) is 6.20 Å². The van der Waals surface area contributed by atoms with Crippen molar-refractivity contribution in [1.82, 2.24) is 14.5 Å². The molecule has 1 aliphatic carbocycles. The van der Waals surface area contributed by atoms with Crippen molar-refractivity contribution in [3.8, 4) is 0 Å². The Morgan fingerprint density at radius 3 is 2.50 bits per heavy atom. The van der Waals surface area contributed by atoms with Crippen LogP contribution in [0, 0.1) is 6.92 Å². The molecular weight excluding hydrogens is 248 g/mol. The number of aryl methyl sites for hydroxylation is 1. The normalized spacial score (nSPS) is 19.2. The number of nitrogens with two attached hydrogens (primary N) is 1. The second kappa shape index (κ2) is 7.23. The number of imidazole rings is 1. The van der Waals surface area contributed by atoms with Crippen molar-refractivity contribution in [2.24, 2.45) is 5.73 Å². The van der Waals surface area contributed by atoms with Gasteiger partial charge in [0, 0.05) is 37.6 Å². The van der Waals surface area contributed by atoms with E-state index in [4.69, 9.17) is 5.73 Å². The third kappa shape index (κ3) is 3.41. The van der Waals surface area contributed by atoms with E-state index in [0.29, 0.717) is 0 Å². The van der Waals surface area contributed by atoms with Crippen LogP contribution in [0.15, 0.2) is 12.4 Å². The van der Waals surface area contributed by atoms with Gasteiger partial charge < -0.3 is 10.3 Å². The van der Waals surface area contributed by atoms with Crippen molar-refractivity contribution in [2.45, 2.75) is 64.5 Å². The molecule has 0 amide bonds. The quantitative estimate of drug-likeness (QED) is 0.814. The van der Waals surface area contributed by atoms with Crippen LogP contribution in [0.25, 0.3) is 0 Å². The largest absolute Gasteiger partial charge is 0.334 e. The van der Waals surface area contributed by atoms with Crippen LogP contribution < -0.4 is 5.73 Å². The fraction of sp³-hybridized carbons (Fsp3) is 0.812. The summed E-state index contributed by atoms with van der Waals surface area (Å²) in [7, 11) is 0. The van der Waals surface area contributed by atoms with Gasteiger partial charge in [-0.1, -0.05) is 32.6 Å². The smallest absolute Gasteiger partial charge is 0.105 e. The molecule has 1 fully saturated rings. The lowest BCUT2D eigenvalue weighted by atomic mass is 9.88. The van der Waals surface area contributed by atoms with Crippen molar-refractivity contribution >= 4 is 0 Å². The summed E-state index contributed by atoms with van der Waals surface area (Å²) >= 11 is 0. The van der Waals surface area contributed by atoms with Crippen LogP contribution >= 0.6 is 0 Å². The van der Waals surface area contributed by atoms with Gasteiger partial charge in [0.2, 0.25) is 0 Å². The number of hydrogen-bond donors (Lipinski definition) is 1. The van der Waals surface area contributed by atoms with Gasteiger partial charge in [-0.3, -0.25) is 4.90 Å². The molecule has 0 saturated heterocycles. The van der Waals surface area contributed by atoms with Crippen molar-refractivity contribution < 1.29 is 0 Å². The van der Waals surface area contributed by atoms with E-state index in [0.717, 1.165) is 32.0 Å². The zero-order valence-corrected chi connectivity index (χ0v) is 13.1. The molecule has 4 nitrogen and oxygen atoms in total. The van der Waals surface area contributed by atoms with Crippen molar-refractivity contribution in [1.29, 1.82) is 0 Å². The molecule has 0 aromatic carbocycles. The fourth-order valence-corrected chi connectivity index (χ4v) is 3.64. The molecule has 0 radical (unpaired) electrons. The molecule has 1 aromatic heterocycles. The summed E-state index contributed by atoms with van der Waals surface area (Å²) in [5.74, 6) is 1.10. The molecule has 2 rings (SSSR count). The molecule has 1 heterocycles.